The van der Waals surface area contributed by atoms with Gasteiger partial charge in [-0.05, 0) is 33.4 Å². The molecule has 7 heteroatoms. The molecule has 0 aromatic rings. The first-order valence-corrected chi connectivity index (χ1v) is 8.36. The summed E-state index contributed by atoms with van der Waals surface area (Å²) in [6.07, 6.45) is 2.91. The molecular formula is C12H24N2O4S. The quantitative estimate of drug-likeness (QED) is 0.674. The third kappa shape index (κ3) is 3.67. The zero-order valence-corrected chi connectivity index (χ0v) is 12.9. The van der Waals surface area contributed by atoms with Crippen LogP contribution in [0.3, 0.4) is 0 Å². The second kappa shape index (κ2) is 6.19. The number of nitrogens with one attached hydrogen (secondary N) is 1. The number of hydrogen-bond acceptors (Lipinski definition) is 6. The first kappa shape index (κ1) is 16.4. The fourth-order valence-corrected chi connectivity index (χ4v) is 4.37. The first-order valence-electron chi connectivity index (χ1n) is 6.41. The highest BCUT2D eigenvalue weighted by molar-refractivity contribution is 7.91. The molecule has 0 aliphatic heterocycles. The van der Waals surface area contributed by atoms with Crippen LogP contribution in [0.15, 0.2) is 0 Å². The standard InChI is InChI=1S/C12H24N2O4S/c1-14(2)9-8-13-12(11(15)18-3)7-5-6-10(12)19(4,16)17/h10,13H,5-9H2,1-4H3. The van der Waals surface area contributed by atoms with E-state index in [0.717, 1.165) is 6.54 Å². The van der Waals surface area contributed by atoms with Gasteiger partial charge in [0.05, 0.1) is 12.4 Å². The minimum atomic E-state index is -3.29. The number of carbonyl (C=O) groups excluding carboxylic acids is 1. The van der Waals surface area contributed by atoms with Crippen LogP contribution in [0.25, 0.3) is 0 Å². The van der Waals surface area contributed by atoms with E-state index in [0.29, 0.717) is 25.8 Å². The van der Waals surface area contributed by atoms with Crippen molar-refractivity contribution in [3.8, 4) is 0 Å². The van der Waals surface area contributed by atoms with Gasteiger partial charge in [-0.25, -0.2) is 8.42 Å². The van der Waals surface area contributed by atoms with Crippen LogP contribution in [0.2, 0.25) is 0 Å². The minimum Gasteiger partial charge on any atom is -0.468 e. The predicted molar refractivity (Wildman–Crippen MR) is 73.8 cm³/mol. The Morgan fingerprint density at radius 3 is 2.58 bits per heavy atom. The number of ether oxygens (including phenoxy) is 1. The SMILES string of the molecule is COC(=O)C1(NCCN(C)C)CCCC1S(C)(=O)=O. The second-order valence-corrected chi connectivity index (χ2v) is 7.63. The van der Waals surface area contributed by atoms with E-state index in [1.165, 1.54) is 13.4 Å². The molecule has 6 nitrogen and oxygen atoms in total. The van der Waals surface area contributed by atoms with Crippen molar-refractivity contribution in [2.45, 2.75) is 30.1 Å². The maximum atomic E-state index is 12.1. The van der Waals surface area contributed by atoms with Gasteiger partial charge >= 0.3 is 5.97 Å². The number of methoxy groups -OCH3 is 1. The number of sulfone groups is 1. The lowest BCUT2D eigenvalue weighted by Crippen LogP contribution is -2.60. The molecule has 2 atom stereocenters. The van der Waals surface area contributed by atoms with E-state index in [1.54, 1.807) is 0 Å². The normalized spacial score (nSPS) is 27.7. The Morgan fingerprint density at radius 2 is 2.11 bits per heavy atom. The Kier molecular flexibility index (Phi) is 5.34. The Morgan fingerprint density at radius 1 is 1.47 bits per heavy atom. The highest BCUT2D eigenvalue weighted by Gasteiger charge is 2.54. The highest BCUT2D eigenvalue weighted by Crippen LogP contribution is 2.35. The van der Waals surface area contributed by atoms with Gasteiger partial charge in [-0.3, -0.25) is 10.1 Å². The summed E-state index contributed by atoms with van der Waals surface area (Å²) in [5.41, 5.74) is -1.08. The van der Waals surface area contributed by atoms with E-state index in [4.69, 9.17) is 4.74 Å². The van der Waals surface area contributed by atoms with Gasteiger partial charge in [-0.1, -0.05) is 0 Å². The Bertz CT molecular complexity index is 421. The Hall–Kier alpha value is -0.660. The van der Waals surface area contributed by atoms with Gasteiger partial charge in [0.15, 0.2) is 9.84 Å². The van der Waals surface area contributed by atoms with Crippen molar-refractivity contribution in [1.29, 1.82) is 0 Å². The number of esters is 1. The van der Waals surface area contributed by atoms with Crippen molar-refractivity contribution in [3.63, 3.8) is 0 Å². The third-order valence-electron chi connectivity index (χ3n) is 3.65. The van der Waals surface area contributed by atoms with Crippen molar-refractivity contribution < 1.29 is 17.9 Å². The van der Waals surface area contributed by atoms with Crippen LogP contribution >= 0.6 is 0 Å². The zero-order chi connectivity index (χ0) is 14.7. The van der Waals surface area contributed by atoms with Crippen molar-refractivity contribution in [2.24, 2.45) is 0 Å². The van der Waals surface area contributed by atoms with Crippen molar-refractivity contribution in [1.82, 2.24) is 10.2 Å². The van der Waals surface area contributed by atoms with Gasteiger partial charge in [0.2, 0.25) is 0 Å². The molecule has 0 saturated heterocycles. The summed E-state index contributed by atoms with van der Waals surface area (Å²) in [6.45, 7) is 1.28. The highest BCUT2D eigenvalue weighted by atomic mass is 32.2. The molecule has 1 fully saturated rings. The van der Waals surface area contributed by atoms with Crippen LogP contribution in [-0.4, -0.2) is 70.6 Å². The van der Waals surface area contributed by atoms with Crippen molar-refractivity contribution >= 4 is 15.8 Å². The van der Waals surface area contributed by atoms with Gasteiger partial charge in [-0.15, -0.1) is 0 Å². The topological polar surface area (TPSA) is 75.7 Å². The summed E-state index contributed by atoms with van der Waals surface area (Å²) in [5.74, 6) is -0.473. The fraction of sp³-hybridized carbons (Fsp3) is 0.917. The van der Waals surface area contributed by atoms with Gasteiger partial charge < -0.3 is 9.64 Å². The average Bonchev–Trinajstić information content (AvgIpc) is 2.72. The minimum absolute atomic E-state index is 0.473. The Labute approximate surface area is 115 Å². The molecule has 1 aliphatic rings. The molecular weight excluding hydrogens is 268 g/mol. The summed E-state index contributed by atoms with van der Waals surface area (Å²) in [5, 5.41) is 2.44. The van der Waals surface area contributed by atoms with Gasteiger partial charge in [0, 0.05) is 19.3 Å². The smallest absolute Gasteiger partial charge is 0.327 e. The van der Waals surface area contributed by atoms with Crippen LogP contribution < -0.4 is 5.32 Å². The van der Waals surface area contributed by atoms with Crippen LogP contribution in [0.1, 0.15) is 19.3 Å². The predicted octanol–water partition coefficient (Wildman–Crippen LogP) is -0.353. The zero-order valence-electron chi connectivity index (χ0n) is 12.1. The lowest BCUT2D eigenvalue weighted by Gasteiger charge is -2.33. The molecule has 0 aromatic heterocycles. The molecule has 19 heavy (non-hydrogen) atoms. The summed E-state index contributed by atoms with van der Waals surface area (Å²) >= 11 is 0. The monoisotopic (exact) mass is 292 g/mol. The van der Waals surface area contributed by atoms with Gasteiger partial charge in [-0.2, -0.15) is 0 Å². The molecule has 1 rings (SSSR count). The van der Waals surface area contributed by atoms with Crippen LogP contribution in [-0.2, 0) is 19.4 Å². The third-order valence-corrected chi connectivity index (χ3v) is 5.32. The van der Waals surface area contributed by atoms with Gasteiger partial charge in [0.25, 0.3) is 0 Å². The van der Waals surface area contributed by atoms with Crippen molar-refractivity contribution in [3.05, 3.63) is 0 Å². The number of likely N-dealkylation sites (N-methyl/N-ethyl adjacent to an activating group) is 1. The molecule has 2 unspecified atom stereocenters. The van der Waals surface area contributed by atoms with E-state index in [9.17, 15) is 13.2 Å². The molecule has 0 spiro atoms. The molecule has 1 N–H and O–H groups in total. The van der Waals surface area contributed by atoms with Crippen LogP contribution in [0.4, 0.5) is 0 Å². The summed E-state index contributed by atoms with van der Waals surface area (Å²) in [6, 6.07) is 0. The van der Waals surface area contributed by atoms with Crippen molar-refractivity contribution in [2.75, 3.05) is 40.6 Å². The largest absolute Gasteiger partial charge is 0.468 e. The summed E-state index contributed by atoms with van der Waals surface area (Å²) < 4.78 is 28.7. The summed E-state index contributed by atoms with van der Waals surface area (Å²) in [4.78, 5) is 14.1. The lowest BCUT2D eigenvalue weighted by molar-refractivity contribution is -0.148. The molecule has 0 amide bonds. The number of nitrogens with zero attached hydrogens (tertiary/aromatic N) is 1. The van der Waals surface area contributed by atoms with E-state index in [-0.39, 0.29) is 0 Å². The van der Waals surface area contributed by atoms with E-state index in [1.807, 2.05) is 19.0 Å². The fourth-order valence-electron chi connectivity index (χ4n) is 2.75. The average molecular weight is 292 g/mol. The number of rotatable bonds is 6. The van der Waals surface area contributed by atoms with E-state index >= 15 is 0 Å². The summed E-state index contributed by atoms with van der Waals surface area (Å²) in [7, 11) is 1.86. The molecule has 0 heterocycles. The second-order valence-electron chi connectivity index (χ2n) is 5.40. The van der Waals surface area contributed by atoms with Crippen LogP contribution in [0.5, 0.6) is 0 Å². The van der Waals surface area contributed by atoms with E-state index in [2.05, 4.69) is 5.32 Å². The number of hydrogen-bond donors (Lipinski definition) is 1. The number of carbonyl (C=O) groups is 1. The first-order chi connectivity index (χ1) is 8.74. The molecule has 112 valence electrons. The Balaban J connectivity index is 2.96. The van der Waals surface area contributed by atoms with E-state index < -0.39 is 26.6 Å². The van der Waals surface area contributed by atoms with Crippen LogP contribution in [0, 0.1) is 0 Å². The molecule has 0 aromatic carbocycles. The maximum Gasteiger partial charge on any atom is 0.327 e. The molecule has 1 aliphatic carbocycles. The van der Waals surface area contributed by atoms with Gasteiger partial charge in [0.1, 0.15) is 5.54 Å². The lowest BCUT2D eigenvalue weighted by atomic mass is 9.97. The molecule has 0 radical (unpaired) electrons. The maximum absolute atomic E-state index is 12.1. The molecule has 1 saturated carbocycles. The molecule has 0 bridgehead atoms.